The van der Waals surface area contributed by atoms with Gasteiger partial charge in [0.2, 0.25) is 21.7 Å². The van der Waals surface area contributed by atoms with Crippen LogP contribution in [0.25, 0.3) is 11.4 Å². The third kappa shape index (κ3) is 4.49. The third-order valence-electron chi connectivity index (χ3n) is 3.33. The van der Waals surface area contributed by atoms with Crippen LogP contribution >= 0.6 is 27.7 Å². The zero-order valence-corrected chi connectivity index (χ0v) is 16.4. The van der Waals surface area contributed by atoms with Crippen LogP contribution in [-0.4, -0.2) is 24.8 Å². The molecular weight excluding hydrogens is 426 g/mol. The number of hydrogen-bond donors (Lipinski definition) is 1. The van der Waals surface area contributed by atoms with Crippen LogP contribution in [0.4, 0.5) is 0 Å². The van der Waals surface area contributed by atoms with E-state index in [-0.39, 0.29) is 17.3 Å². The quantitative estimate of drug-likeness (QED) is 0.589. The van der Waals surface area contributed by atoms with E-state index in [9.17, 15) is 8.42 Å². The van der Waals surface area contributed by atoms with Crippen molar-refractivity contribution < 1.29 is 12.9 Å². The first-order valence-corrected chi connectivity index (χ1v) is 10.7. The summed E-state index contributed by atoms with van der Waals surface area (Å²) in [6, 6.07) is 14.1. The Kier molecular flexibility index (Phi) is 5.57. The molecule has 0 radical (unpaired) electrons. The minimum atomic E-state index is -3.64. The molecule has 0 spiro atoms. The zero-order valence-electron chi connectivity index (χ0n) is 13.1. The summed E-state index contributed by atoms with van der Waals surface area (Å²) in [5, 5.41) is 3.88. The van der Waals surface area contributed by atoms with Crippen molar-refractivity contribution in [3.63, 3.8) is 0 Å². The number of nitrogens with one attached hydrogen (secondary N) is 1. The van der Waals surface area contributed by atoms with Crippen molar-refractivity contribution in [3.8, 4) is 11.4 Å². The standard InChI is InChI=1S/C16H14BrN3O3S2/c1-24-13-5-7-14(8-6-13)25(21,22)18-10-15-19-16(20-23-15)11-3-2-4-12(17)9-11/h2-9,18H,10H2,1H3. The van der Waals surface area contributed by atoms with Crippen LogP contribution in [0.3, 0.4) is 0 Å². The molecule has 25 heavy (non-hydrogen) atoms. The van der Waals surface area contributed by atoms with Gasteiger partial charge in [0.25, 0.3) is 0 Å². The minimum Gasteiger partial charge on any atom is -0.338 e. The molecule has 130 valence electrons. The first-order valence-electron chi connectivity index (χ1n) is 7.20. The van der Waals surface area contributed by atoms with Crippen molar-refractivity contribution in [3.05, 3.63) is 58.9 Å². The summed E-state index contributed by atoms with van der Waals surface area (Å²) in [6.07, 6.45) is 1.93. The Morgan fingerprint density at radius 3 is 2.64 bits per heavy atom. The van der Waals surface area contributed by atoms with Gasteiger partial charge in [-0.3, -0.25) is 0 Å². The second kappa shape index (κ2) is 7.69. The van der Waals surface area contributed by atoms with Gasteiger partial charge in [0.15, 0.2) is 0 Å². The lowest BCUT2D eigenvalue weighted by Crippen LogP contribution is -2.23. The predicted octanol–water partition coefficient (Wildman–Crippen LogP) is 3.70. The predicted molar refractivity (Wildman–Crippen MR) is 99.7 cm³/mol. The van der Waals surface area contributed by atoms with Gasteiger partial charge in [-0.15, -0.1) is 11.8 Å². The van der Waals surface area contributed by atoms with Crippen LogP contribution < -0.4 is 4.72 Å². The number of nitrogens with zero attached hydrogens (tertiary/aromatic N) is 2. The van der Waals surface area contributed by atoms with Crippen molar-refractivity contribution in [2.45, 2.75) is 16.3 Å². The number of aromatic nitrogens is 2. The maximum atomic E-state index is 12.3. The lowest BCUT2D eigenvalue weighted by atomic mass is 10.2. The summed E-state index contributed by atoms with van der Waals surface area (Å²) in [7, 11) is -3.64. The highest BCUT2D eigenvalue weighted by Gasteiger charge is 2.16. The molecular formula is C16H14BrN3O3S2. The average molecular weight is 440 g/mol. The summed E-state index contributed by atoms with van der Waals surface area (Å²) in [4.78, 5) is 5.40. The van der Waals surface area contributed by atoms with E-state index in [1.54, 1.807) is 36.0 Å². The highest BCUT2D eigenvalue weighted by Crippen LogP contribution is 2.21. The molecule has 0 saturated carbocycles. The number of halogens is 1. The van der Waals surface area contributed by atoms with Crippen molar-refractivity contribution in [1.82, 2.24) is 14.9 Å². The maximum Gasteiger partial charge on any atom is 0.242 e. The second-order valence-corrected chi connectivity index (χ2v) is 8.58. The number of hydrogen-bond acceptors (Lipinski definition) is 6. The van der Waals surface area contributed by atoms with Crippen LogP contribution in [0.1, 0.15) is 5.89 Å². The van der Waals surface area contributed by atoms with E-state index in [1.807, 2.05) is 30.5 Å². The lowest BCUT2D eigenvalue weighted by molar-refractivity contribution is 0.376. The van der Waals surface area contributed by atoms with Gasteiger partial charge in [0.1, 0.15) is 0 Å². The maximum absolute atomic E-state index is 12.3. The molecule has 1 N–H and O–H groups in total. The Balaban J connectivity index is 1.70. The first kappa shape index (κ1) is 18.1. The van der Waals surface area contributed by atoms with Gasteiger partial charge in [-0.05, 0) is 42.7 Å². The molecule has 3 aromatic rings. The van der Waals surface area contributed by atoms with E-state index in [1.165, 1.54) is 0 Å². The lowest BCUT2D eigenvalue weighted by Gasteiger charge is -2.05. The number of benzene rings is 2. The van der Waals surface area contributed by atoms with Gasteiger partial charge < -0.3 is 4.52 Å². The van der Waals surface area contributed by atoms with Crippen molar-refractivity contribution >= 4 is 37.7 Å². The summed E-state index contributed by atoms with van der Waals surface area (Å²) in [5.74, 6) is 0.596. The number of thioether (sulfide) groups is 1. The van der Waals surface area contributed by atoms with Gasteiger partial charge in [0.05, 0.1) is 11.4 Å². The molecule has 0 amide bonds. The summed E-state index contributed by atoms with van der Waals surface area (Å²) in [5.41, 5.74) is 0.778. The smallest absolute Gasteiger partial charge is 0.242 e. The molecule has 0 aliphatic heterocycles. The fourth-order valence-corrected chi connectivity index (χ4v) is 3.85. The monoisotopic (exact) mass is 439 g/mol. The normalized spacial score (nSPS) is 11.6. The molecule has 6 nitrogen and oxygen atoms in total. The summed E-state index contributed by atoms with van der Waals surface area (Å²) < 4.78 is 33.1. The van der Waals surface area contributed by atoms with Crippen molar-refractivity contribution in [2.24, 2.45) is 0 Å². The van der Waals surface area contributed by atoms with Gasteiger partial charge in [-0.25, -0.2) is 13.1 Å². The van der Waals surface area contributed by atoms with Crippen LogP contribution in [0.2, 0.25) is 0 Å². The molecule has 0 fully saturated rings. The van der Waals surface area contributed by atoms with E-state index in [4.69, 9.17) is 4.52 Å². The first-order chi connectivity index (χ1) is 12.0. The third-order valence-corrected chi connectivity index (χ3v) is 5.99. The average Bonchev–Trinajstić information content (AvgIpc) is 3.09. The molecule has 9 heteroatoms. The molecule has 0 aliphatic carbocycles. The number of sulfonamides is 1. The Morgan fingerprint density at radius 1 is 1.20 bits per heavy atom. The highest BCUT2D eigenvalue weighted by atomic mass is 79.9. The molecule has 1 heterocycles. The van der Waals surface area contributed by atoms with Crippen LogP contribution in [-0.2, 0) is 16.6 Å². The SMILES string of the molecule is CSc1ccc(S(=O)(=O)NCc2nc(-c3cccc(Br)c3)no2)cc1. The zero-order chi connectivity index (χ0) is 17.9. The van der Waals surface area contributed by atoms with E-state index in [0.29, 0.717) is 5.82 Å². The molecule has 1 aromatic heterocycles. The minimum absolute atomic E-state index is 0.0758. The van der Waals surface area contributed by atoms with Crippen LogP contribution in [0, 0.1) is 0 Å². The van der Waals surface area contributed by atoms with Crippen molar-refractivity contribution in [1.29, 1.82) is 0 Å². The molecule has 3 rings (SSSR count). The van der Waals surface area contributed by atoms with Crippen molar-refractivity contribution in [2.75, 3.05) is 6.26 Å². The summed E-state index contributed by atoms with van der Waals surface area (Å²) >= 11 is 4.93. The van der Waals surface area contributed by atoms with Gasteiger partial charge in [-0.2, -0.15) is 4.98 Å². The molecule has 0 saturated heterocycles. The molecule has 0 aliphatic rings. The number of rotatable bonds is 6. The fourth-order valence-electron chi connectivity index (χ4n) is 2.07. The largest absolute Gasteiger partial charge is 0.338 e. The van der Waals surface area contributed by atoms with E-state index in [2.05, 4.69) is 30.8 Å². The Labute approximate surface area is 158 Å². The molecule has 2 aromatic carbocycles. The van der Waals surface area contributed by atoms with Gasteiger partial charge in [0, 0.05) is 14.9 Å². The van der Waals surface area contributed by atoms with Crippen LogP contribution in [0.5, 0.6) is 0 Å². The Bertz CT molecular complexity index is 972. The Hall–Kier alpha value is -1.68. The summed E-state index contributed by atoms with van der Waals surface area (Å²) in [6.45, 7) is -0.0758. The molecule has 0 bridgehead atoms. The van der Waals surface area contributed by atoms with E-state index < -0.39 is 10.0 Å². The van der Waals surface area contributed by atoms with E-state index >= 15 is 0 Å². The van der Waals surface area contributed by atoms with Crippen LogP contribution in [0.15, 0.2) is 67.3 Å². The molecule has 0 unspecified atom stereocenters. The van der Waals surface area contributed by atoms with Gasteiger partial charge in [-0.1, -0.05) is 33.2 Å². The van der Waals surface area contributed by atoms with Gasteiger partial charge >= 0.3 is 0 Å². The Morgan fingerprint density at radius 2 is 1.96 bits per heavy atom. The molecule has 0 atom stereocenters. The second-order valence-electron chi connectivity index (χ2n) is 5.02. The highest BCUT2D eigenvalue weighted by molar-refractivity contribution is 9.10. The fraction of sp³-hybridized carbons (Fsp3) is 0.125. The van der Waals surface area contributed by atoms with E-state index in [0.717, 1.165) is 14.9 Å². The topological polar surface area (TPSA) is 85.1 Å².